The zero-order valence-corrected chi connectivity index (χ0v) is 13.0. The van der Waals surface area contributed by atoms with Crippen LogP contribution in [0.5, 0.6) is 0 Å². The Morgan fingerprint density at radius 1 is 0.900 bits per heavy atom. The molecule has 0 aromatic rings. The number of rotatable bonds is 2. The molecule has 1 rings (SSSR count). The van der Waals surface area contributed by atoms with Gasteiger partial charge in [0.05, 0.1) is 0 Å². The Balaban J connectivity index is 3.56. The molecule has 0 fully saturated rings. The molecule has 0 aromatic heterocycles. The Kier molecular flexibility index (Phi) is 5.69. The van der Waals surface area contributed by atoms with Crippen LogP contribution in [0.2, 0.25) is 0 Å². The number of hydrogen-bond acceptors (Lipinski definition) is 1. The number of carbonyl (C=O) groups is 1. The van der Waals surface area contributed by atoms with Gasteiger partial charge in [0.1, 0.15) is 0 Å². The van der Waals surface area contributed by atoms with E-state index in [-0.39, 0.29) is 5.78 Å². The number of allylic oxidation sites excluding steroid dienone is 10. The second-order valence-electron chi connectivity index (χ2n) is 5.50. The largest absolute Gasteiger partial charge is 0.289 e. The van der Waals surface area contributed by atoms with Crippen molar-refractivity contribution in [2.24, 2.45) is 0 Å². The SMILES string of the molecule is C=CC1=CC(=C(C)C)C(=O)C(=C(C)C)C=C(C=C)CC1. The highest BCUT2D eigenvalue weighted by Crippen LogP contribution is 2.25. The van der Waals surface area contributed by atoms with Gasteiger partial charge in [0.15, 0.2) is 5.78 Å². The van der Waals surface area contributed by atoms with E-state index in [1.807, 2.05) is 52.0 Å². The third-order valence-corrected chi connectivity index (χ3v) is 3.45. The van der Waals surface area contributed by atoms with Gasteiger partial charge in [-0.25, -0.2) is 0 Å². The quantitative estimate of drug-likeness (QED) is 0.625. The van der Waals surface area contributed by atoms with Crippen molar-refractivity contribution in [2.45, 2.75) is 40.5 Å². The maximum absolute atomic E-state index is 12.8. The highest BCUT2D eigenvalue weighted by atomic mass is 16.1. The van der Waals surface area contributed by atoms with Crippen molar-refractivity contribution in [1.29, 1.82) is 0 Å². The van der Waals surface area contributed by atoms with Crippen LogP contribution in [0.15, 0.2) is 70.9 Å². The molecule has 0 unspecified atom stereocenters. The molecule has 0 spiro atoms. The lowest BCUT2D eigenvalue weighted by atomic mass is 9.94. The van der Waals surface area contributed by atoms with Gasteiger partial charge >= 0.3 is 0 Å². The Labute approximate surface area is 122 Å². The minimum atomic E-state index is 0.0885. The van der Waals surface area contributed by atoms with Crippen molar-refractivity contribution in [1.82, 2.24) is 0 Å². The van der Waals surface area contributed by atoms with Crippen molar-refractivity contribution in [3.8, 4) is 0 Å². The van der Waals surface area contributed by atoms with Gasteiger partial charge < -0.3 is 0 Å². The number of Topliss-reactive ketones (excluding diaryl/α,β-unsaturated/α-hetero) is 1. The molecule has 0 N–H and O–H groups in total. The Bertz CT molecular complexity index is 505. The maximum Gasteiger partial charge on any atom is 0.192 e. The molecule has 0 aliphatic heterocycles. The summed E-state index contributed by atoms with van der Waals surface area (Å²) in [6.07, 6.45) is 9.39. The first-order valence-electron chi connectivity index (χ1n) is 6.96. The van der Waals surface area contributed by atoms with Gasteiger partial charge in [0, 0.05) is 11.1 Å². The van der Waals surface area contributed by atoms with Crippen LogP contribution in [0.3, 0.4) is 0 Å². The van der Waals surface area contributed by atoms with E-state index in [4.69, 9.17) is 0 Å². The average molecular weight is 268 g/mol. The standard InChI is InChI=1S/C19H24O/c1-7-15-9-10-16(8-2)12-18(14(5)6)19(20)17(11-15)13(3)4/h7-8,11-12H,1-2,9-10H2,3-6H3. The summed E-state index contributed by atoms with van der Waals surface area (Å²) < 4.78 is 0. The average Bonchev–Trinajstić information content (AvgIpc) is 2.46. The lowest BCUT2D eigenvalue weighted by molar-refractivity contribution is -0.111. The molecule has 1 aliphatic carbocycles. The van der Waals surface area contributed by atoms with E-state index in [2.05, 4.69) is 13.2 Å². The molecule has 0 saturated carbocycles. The van der Waals surface area contributed by atoms with Crippen LogP contribution in [0.25, 0.3) is 0 Å². The smallest absolute Gasteiger partial charge is 0.192 e. The summed E-state index contributed by atoms with van der Waals surface area (Å²) >= 11 is 0. The topological polar surface area (TPSA) is 17.1 Å². The Hall–Kier alpha value is -1.89. The monoisotopic (exact) mass is 268 g/mol. The molecule has 1 aliphatic rings. The molecule has 0 radical (unpaired) electrons. The molecule has 106 valence electrons. The van der Waals surface area contributed by atoms with Gasteiger partial charge in [-0.2, -0.15) is 0 Å². The molecule has 1 heteroatoms. The van der Waals surface area contributed by atoms with Crippen LogP contribution in [0.1, 0.15) is 40.5 Å². The lowest BCUT2D eigenvalue weighted by Crippen LogP contribution is -2.07. The second kappa shape index (κ2) is 7.04. The highest BCUT2D eigenvalue weighted by molar-refractivity contribution is 6.13. The van der Waals surface area contributed by atoms with Crippen LogP contribution in [0, 0.1) is 0 Å². The molecule has 0 atom stereocenters. The normalized spacial score (nSPS) is 16.5. The van der Waals surface area contributed by atoms with Crippen LogP contribution in [0.4, 0.5) is 0 Å². The van der Waals surface area contributed by atoms with E-state index in [1.165, 1.54) is 0 Å². The molecular formula is C19H24O. The number of hydrogen-bond donors (Lipinski definition) is 0. The minimum absolute atomic E-state index is 0.0885. The zero-order valence-electron chi connectivity index (χ0n) is 13.0. The van der Waals surface area contributed by atoms with Crippen LogP contribution in [-0.2, 0) is 4.79 Å². The van der Waals surface area contributed by atoms with E-state index in [0.29, 0.717) is 0 Å². The first-order chi connectivity index (χ1) is 9.40. The lowest BCUT2D eigenvalue weighted by Gasteiger charge is -2.08. The summed E-state index contributed by atoms with van der Waals surface area (Å²) in [7, 11) is 0. The van der Waals surface area contributed by atoms with E-state index in [0.717, 1.165) is 46.3 Å². The van der Waals surface area contributed by atoms with Gasteiger partial charge in [-0.1, -0.05) is 36.5 Å². The summed E-state index contributed by atoms with van der Waals surface area (Å²) in [5.74, 6) is 0.0885. The van der Waals surface area contributed by atoms with Crippen LogP contribution >= 0.6 is 0 Å². The fourth-order valence-corrected chi connectivity index (χ4v) is 2.14. The second-order valence-corrected chi connectivity index (χ2v) is 5.50. The molecule has 0 saturated heterocycles. The summed E-state index contributed by atoms with van der Waals surface area (Å²) in [5, 5.41) is 0. The first kappa shape index (κ1) is 16.2. The number of ketones is 1. The van der Waals surface area contributed by atoms with Crippen molar-refractivity contribution in [3.05, 3.63) is 70.9 Å². The fraction of sp³-hybridized carbons (Fsp3) is 0.316. The predicted octanol–water partition coefficient (Wildman–Crippen LogP) is 5.25. The summed E-state index contributed by atoms with van der Waals surface area (Å²) in [4.78, 5) is 12.8. The van der Waals surface area contributed by atoms with Gasteiger partial charge in [-0.3, -0.25) is 4.79 Å². The van der Waals surface area contributed by atoms with Crippen molar-refractivity contribution in [2.75, 3.05) is 0 Å². The maximum atomic E-state index is 12.8. The molecule has 0 amide bonds. The highest BCUT2D eigenvalue weighted by Gasteiger charge is 2.17. The van der Waals surface area contributed by atoms with Crippen LogP contribution in [-0.4, -0.2) is 5.78 Å². The van der Waals surface area contributed by atoms with Crippen molar-refractivity contribution in [3.63, 3.8) is 0 Å². The van der Waals surface area contributed by atoms with E-state index < -0.39 is 0 Å². The van der Waals surface area contributed by atoms with Crippen molar-refractivity contribution >= 4 is 5.78 Å². The Morgan fingerprint density at radius 3 is 1.50 bits per heavy atom. The van der Waals surface area contributed by atoms with Gasteiger partial charge in [-0.05, 0) is 63.8 Å². The third kappa shape index (κ3) is 3.80. The summed E-state index contributed by atoms with van der Waals surface area (Å²) in [6.45, 7) is 15.6. The van der Waals surface area contributed by atoms with E-state index in [9.17, 15) is 4.79 Å². The zero-order chi connectivity index (χ0) is 15.3. The van der Waals surface area contributed by atoms with Crippen LogP contribution < -0.4 is 0 Å². The number of carbonyl (C=O) groups excluding carboxylic acids is 1. The van der Waals surface area contributed by atoms with Gasteiger partial charge in [0.2, 0.25) is 0 Å². The predicted molar refractivity (Wildman–Crippen MR) is 87.5 cm³/mol. The fourth-order valence-electron chi connectivity index (χ4n) is 2.14. The molecule has 0 bridgehead atoms. The molecule has 0 aromatic carbocycles. The van der Waals surface area contributed by atoms with Crippen molar-refractivity contribution < 1.29 is 4.79 Å². The van der Waals surface area contributed by atoms with Gasteiger partial charge in [-0.15, -0.1) is 0 Å². The summed E-state index contributed by atoms with van der Waals surface area (Å²) in [5.41, 5.74) is 5.80. The van der Waals surface area contributed by atoms with E-state index in [1.54, 1.807) is 0 Å². The first-order valence-corrected chi connectivity index (χ1v) is 6.96. The molecular weight excluding hydrogens is 244 g/mol. The third-order valence-electron chi connectivity index (χ3n) is 3.45. The van der Waals surface area contributed by atoms with Gasteiger partial charge in [0.25, 0.3) is 0 Å². The molecule has 0 heterocycles. The minimum Gasteiger partial charge on any atom is -0.289 e. The molecule has 20 heavy (non-hydrogen) atoms. The Morgan fingerprint density at radius 2 is 1.25 bits per heavy atom. The van der Waals surface area contributed by atoms with E-state index >= 15 is 0 Å². The summed E-state index contributed by atoms with van der Waals surface area (Å²) in [6, 6.07) is 0. The molecule has 1 nitrogen and oxygen atoms in total.